The zero-order chi connectivity index (χ0) is 10.9. The lowest BCUT2D eigenvalue weighted by atomic mass is 10.2. The third kappa shape index (κ3) is 4.91. The molecule has 0 spiro atoms. The quantitative estimate of drug-likeness (QED) is 0.693. The van der Waals surface area contributed by atoms with Gasteiger partial charge in [0.05, 0.1) is 0 Å². The number of aliphatic hydroxyl groups excluding tert-OH is 1. The number of hydrogen-bond acceptors (Lipinski definition) is 3. The van der Waals surface area contributed by atoms with Gasteiger partial charge in [-0.1, -0.05) is 6.92 Å². The molecule has 0 aliphatic carbocycles. The Morgan fingerprint density at radius 1 is 1.27 bits per heavy atom. The summed E-state index contributed by atoms with van der Waals surface area (Å²) in [5.41, 5.74) is 1.30. The van der Waals surface area contributed by atoms with Crippen LogP contribution in [0.4, 0.5) is 0 Å². The van der Waals surface area contributed by atoms with Gasteiger partial charge < -0.3 is 5.11 Å². The van der Waals surface area contributed by atoms with Crippen molar-refractivity contribution in [1.29, 1.82) is 0 Å². The molecule has 1 N–H and O–H groups in total. The minimum absolute atomic E-state index is 0.298. The second-order valence-electron chi connectivity index (χ2n) is 3.65. The molecule has 0 fully saturated rings. The summed E-state index contributed by atoms with van der Waals surface area (Å²) in [6.45, 7) is 5.55. The van der Waals surface area contributed by atoms with E-state index >= 15 is 0 Å². The van der Waals surface area contributed by atoms with Gasteiger partial charge in [-0.15, -0.1) is 0 Å². The van der Waals surface area contributed by atoms with Gasteiger partial charge in [-0.2, -0.15) is 0 Å². The second kappa shape index (κ2) is 7.37. The predicted molar refractivity (Wildman–Crippen MR) is 61.5 cm³/mol. The van der Waals surface area contributed by atoms with Crippen molar-refractivity contribution in [2.45, 2.75) is 26.3 Å². The number of pyridine rings is 1. The lowest BCUT2D eigenvalue weighted by molar-refractivity contribution is 0.243. The molecule has 0 radical (unpaired) electrons. The Bertz CT molecular complexity index is 251. The van der Waals surface area contributed by atoms with Crippen molar-refractivity contribution < 1.29 is 5.11 Å². The van der Waals surface area contributed by atoms with E-state index in [0.29, 0.717) is 6.61 Å². The summed E-state index contributed by atoms with van der Waals surface area (Å²) >= 11 is 0. The summed E-state index contributed by atoms with van der Waals surface area (Å²) in [7, 11) is 0. The minimum atomic E-state index is 0.298. The maximum Gasteiger partial charge on any atom is 0.0431 e. The maximum atomic E-state index is 8.71. The van der Waals surface area contributed by atoms with Crippen molar-refractivity contribution in [2.75, 3.05) is 19.7 Å². The molecule has 0 saturated heterocycles. The van der Waals surface area contributed by atoms with E-state index in [1.165, 1.54) is 5.56 Å². The third-order valence-electron chi connectivity index (χ3n) is 2.49. The van der Waals surface area contributed by atoms with Crippen LogP contribution < -0.4 is 0 Å². The van der Waals surface area contributed by atoms with Crippen molar-refractivity contribution in [3.05, 3.63) is 30.1 Å². The highest BCUT2D eigenvalue weighted by Crippen LogP contribution is 2.04. The van der Waals surface area contributed by atoms with E-state index in [2.05, 4.69) is 28.9 Å². The van der Waals surface area contributed by atoms with E-state index in [9.17, 15) is 0 Å². The fourth-order valence-electron chi connectivity index (χ4n) is 1.54. The van der Waals surface area contributed by atoms with Crippen LogP contribution in [0.2, 0.25) is 0 Å². The van der Waals surface area contributed by atoms with E-state index in [0.717, 1.165) is 32.5 Å². The van der Waals surface area contributed by atoms with E-state index < -0.39 is 0 Å². The van der Waals surface area contributed by atoms with Gasteiger partial charge in [0.2, 0.25) is 0 Å². The number of aromatic nitrogens is 1. The number of rotatable bonds is 7. The summed E-state index contributed by atoms with van der Waals surface area (Å²) < 4.78 is 0. The molecule has 84 valence electrons. The number of unbranched alkanes of at least 4 members (excludes halogenated alkanes) is 1. The SMILES string of the molecule is CCN(CCCCO)Cc1ccncc1. The van der Waals surface area contributed by atoms with Gasteiger partial charge >= 0.3 is 0 Å². The molecule has 1 heterocycles. The molecule has 1 aromatic rings. The monoisotopic (exact) mass is 208 g/mol. The van der Waals surface area contributed by atoms with Crippen LogP contribution in [0.5, 0.6) is 0 Å². The van der Waals surface area contributed by atoms with Gasteiger partial charge in [0.25, 0.3) is 0 Å². The average Bonchev–Trinajstić information content (AvgIpc) is 2.29. The molecule has 0 amide bonds. The van der Waals surface area contributed by atoms with E-state index in [1.807, 2.05) is 12.4 Å². The van der Waals surface area contributed by atoms with Crippen molar-refractivity contribution in [1.82, 2.24) is 9.88 Å². The van der Waals surface area contributed by atoms with Gasteiger partial charge in [0.15, 0.2) is 0 Å². The molecule has 0 unspecified atom stereocenters. The Morgan fingerprint density at radius 2 is 2.00 bits per heavy atom. The highest BCUT2D eigenvalue weighted by molar-refractivity contribution is 5.09. The van der Waals surface area contributed by atoms with E-state index in [4.69, 9.17) is 5.11 Å². The Morgan fingerprint density at radius 3 is 2.60 bits per heavy atom. The smallest absolute Gasteiger partial charge is 0.0431 e. The first-order valence-corrected chi connectivity index (χ1v) is 5.59. The van der Waals surface area contributed by atoms with Gasteiger partial charge in [-0.05, 0) is 43.6 Å². The molecule has 0 aliphatic rings. The van der Waals surface area contributed by atoms with Crippen molar-refractivity contribution in [3.8, 4) is 0 Å². The van der Waals surface area contributed by atoms with Gasteiger partial charge in [0.1, 0.15) is 0 Å². The largest absolute Gasteiger partial charge is 0.396 e. The summed E-state index contributed by atoms with van der Waals surface area (Å²) in [6, 6.07) is 4.10. The normalized spacial score (nSPS) is 10.9. The topological polar surface area (TPSA) is 36.4 Å². The van der Waals surface area contributed by atoms with E-state index in [-0.39, 0.29) is 0 Å². The molecule has 0 aliphatic heterocycles. The van der Waals surface area contributed by atoms with Crippen LogP contribution in [-0.4, -0.2) is 34.7 Å². The first-order valence-electron chi connectivity index (χ1n) is 5.59. The van der Waals surface area contributed by atoms with Crippen LogP contribution in [0.3, 0.4) is 0 Å². The van der Waals surface area contributed by atoms with Gasteiger partial charge in [-0.3, -0.25) is 9.88 Å². The second-order valence-corrected chi connectivity index (χ2v) is 3.65. The Kier molecular flexibility index (Phi) is 5.97. The first-order chi connectivity index (χ1) is 7.36. The highest BCUT2D eigenvalue weighted by Gasteiger charge is 2.02. The lowest BCUT2D eigenvalue weighted by Crippen LogP contribution is -2.24. The first kappa shape index (κ1) is 12.1. The molecular formula is C12H20N2O. The fraction of sp³-hybridized carbons (Fsp3) is 0.583. The summed E-state index contributed by atoms with van der Waals surface area (Å²) in [4.78, 5) is 6.38. The van der Waals surface area contributed by atoms with Crippen LogP contribution >= 0.6 is 0 Å². The number of hydrogen-bond donors (Lipinski definition) is 1. The molecule has 0 aromatic carbocycles. The fourth-order valence-corrected chi connectivity index (χ4v) is 1.54. The third-order valence-corrected chi connectivity index (χ3v) is 2.49. The van der Waals surface area contributed by atoms with Crippen LogP contribution in [0, 0.1) is 0 Å². The summed E-state index contributed by atoms with van der Waals surface area (Å²) in [5.74, 6) is 0. The molecule has 15 heavy (non-hydrogen) atoms. The zero-order valence-corrected chi connectivity index (χ0v) is 9.39. The Hall–Kier alpha value is -0.930. The summed E-state index contributed by atoms with van der Waals surface area (Å²) in [6.07, 6.45) is 5.62. The van der Waals surface area contributed by atoms with E-state index in [1.54, 1.807) is 0 Å². The van der Waals surface area contributed by atoms with Crippen molar-refractivity contribution in [2.24, 2.45) is 0 Å². The molecule has 0 saturated carbocycles. The molecule has 1 rings (SSSR count). The van der Waals surface area contributed by atoms with Crippen molar-refractivity contribution in [3.63, 3.8) is 0 Å². The molecule has 0 atom stereocenters. The Balaban J connectivity index is 2.33. The average molecular weight is 208 g/mol. The molecular weight excluding hydrogens is 188 g/mol. The zero-order valence-electron chi connectivity index (χ0n) is 9.39. The number of aliphatic hydroxyl groups is 1. The minimum Gasteiger partial charge on any atom is -0.396 e. The predicted octanol–water partition coefficient (Wildman–Crippen LogP) is 1.68. The lowest BCUT2D eigenvalue weighted by Gasteiger charge is -2.19. The standard InChI is InChI=1S/C12H20N2O/c1-2-14(9-3-4-10-15)11-12-5-7-13-8-6-12/h5-8,15H,2-4,9-11H2,1H3. The molecule has 3 heteroatoms. The molecule has 0 bridgehead atoms. The van der Waals surface area contributed by atoms with Crippen LogP contribution in [0.15, 0.2) is 24.5 Å². The number of nitrogens with zero attached hydrogens (tertiary/aromatic N) is 2. The molecule has 3 nitrogen and oxygen atoms in total. The van der Waals surface area contributed by atoms with Crippen LogP contribution in [0.1, 0.15) is 25.3 Å². The van der Waals surface area contributed by atoms with Crippen LogP contribution in [0.25, 0.3) is 0 Å². The van der Waals surface area contributed by atoms with Crippen LogP contribution in [-0.2, 0) is 6.54 Å². The molecule has 1 aromatic heterocycles. The van der Waals surface area contributed by atoms with Gasteiger partial charge in [0, 0.05) is 25.5 Å². The Labute approximate surface area is 91.8 Å². The highest BCUT2D eigenvalue weighted by atomic mass is 16.2. The van der Waals surface area contributed by atoms with Crippen molar-refractivity contribution >= 4 is 0 Å². The maximum absolute atomic E-state index is 8.71. The van der Waals surface area contributed by atoms with Gasteiger partial charge in [-0.25, -0.2) is 0 Å². The summed E-state index contributed by atoms with van der Waals surface area (Å²) in [5, 5.41) is 8.71.